The quantitative estimate of drug-likeness (QED) is 0.797. The molecule has 1 aliphatic rings. The number of ether oxygens (including phenoxy) is 1. The summed E-state index contributed by atoms with van der Waals surface area (Å²) in [4.78, 5) is 0. The van der Waals surface area contributed by atoms with Crippen LogP contribution in [0.2, 0.25) is 0 Å². The third-order valence-electron chi connectivity index (χ3n) is 3.71. The SMILES string of the molecule is CC(NCC(O)COC1CCCCC1)c1ccco1. The van der Waals surface area contributed by atoms with Gasteiger partial charge in [-0.25, -0.2) is 0 Å². The summed E-state index contributed by atoms with van der Waals surface area (Å²) in [6.45, 7) is 2.96. The number of aliphatic hydroxyl groups is 1. The number of nitrogens with one attached hydrogen (secondary N) is 1. The minimum absolute atomic E-state index is 0.110. The van der Waals surface area contributed by atoms with Gasteiger partial charge in [-0.15, -0.1) is 0 Å². The molecule has 2 unspecified atom stereocenters. The van der Waals surface area contributed by atoms with Gasteiger partial charge in [-0.1, -0.05) is 19.3 Å². The Bertz CT molecular complexity index is 333. The molecular weight excluding hydrogens is 242 g/mol. The summed E-state index contributed by atoms with van der Waals surface area (Å²) >= 11 is 0. The van der Waals surface area contributed by atoms with Crippen molar-refractivity contribution in [1.82, 2.24) is 5.32 Å². The van der Waals surface area contributed by atoms with Crippen LogP contribution in [0.15, 0.2) is 22.8 Å². The Kier molecular flexibility index (Phi) is 5.89. The Hall–Kier alpha value is -0.840. The van der Waals surface area contributed by atoms with Crippen molar-refractivity contribution in [3.05, 3.63) is 24.2 Å². The molecule has 1 aromatic rings. The zero-order valence-electron chi connectivity index (χ0n) is 11.7. The van der Waals surface area contributed by atoms with Gasteiger partial charge in [0.2, 0.25) is 0 Å². The minimum Gasteiger partial charge on any atom is -0.468 e. The Morgan fingerprint density at radius 3 is 2.89 bits per heavy atom. The molecule has 0 spiro atoms. The van der Waals surface area contributed by atoms with Gasteiger partial charge in [0.15, 0.2) is 0 Å². The largest absolute Gasteiger partial charge is 0.468 e. The lowest BCUT2D eigenvalue weighted by molar-refractivity contribution is -0.0236. The molecular formula is C15H25NO3. The minimum atomic E-state index is -0.459. The van der Waals surface area contributed by atoms with Crippen molar-refractivity contribution in [2.45, 2.75) is 57.3 Å². The molecule has 0 amide bonds. The first kappa shape index (κ1) is 14.6. The fourth-order valence-corrected chi connectivity index (χ4v) is 2.49. The fourth-order valence-electron chi connectivity index (χ4n) is 2.49. The van der Waals surface area contributed by atoms with E-state index in [4.69, 9.17) is 9.15 Å². The van der Waals surface area contributed by atoms with E-state index in [9.17, 15) is 5.11 Å². The first-order valence-electron chi connectivity index (χ1n) is 7.32. The summed E-state index contributed by atoms with van der Waals surface area (Å²) in [7, 11) is 0. The third kappa shape index (κ3) is 4.97. The smallest absolute Gasteiger partial charge is 0.120 e. The zero-order chi connectivity index (χ0) is 13.5. The summed E-state index contributed by atoms with van der Waals surface area (Å²) in [6.07, 6.45) is 7.68. The van der Waals surface area contributed by atoms with Gasteiger partial charge >= 0.3 is 0 Å². The van der Waals surface area contributed by atoms with E-state index in [1.54, 1.807) is 6.26 Å². The topological polar surface area (TPSA) is 54.6 Å². The maximum Gasteiger partial charge on any atom is 0.120 e. The Balaban J connectivity index is 1.60. The summed E-state index contributed by atoms with van der Waals surface area (Å²) in [5, 5.41) is 13.2. The number of hydrogen-bond donors (Lipinski definition) is 2. The van der Waals surface area contributed by atoms with E-state index < -0.39 is 6.10 Å². The number of furan rings is 1. The lowest BCUT2D eigenvalue weighted by atomic mass is 9.98. The summed E-state index contributed by atoms with van der Waals surface area (Å²) in [6, 6.07) is 3.91. The zero-order valence-corrected chi connectivity index (χ0v) is 11.7. The standard InChI is InChI=1S/C15H25NO3/c1-12(15-8-5-9-18-15)16-10-13(17)11-19-14-6-3-2-4-7-14/h5,8-9,12-14,16-17H,2-4,6-7,10-11H2,1H3. The monoisotopic (exact) mass is 267 g/mol. The second kappa shape index (κ2) is 7.68. The van der Waals surface area contributed by atoms with Crippen molar-refractivity contribution in [2.75, 3.05) is 13.2 Å². The van der Waals surface area contributed by atoms with E-state index in [1.165, 1.54) is 19.3 Å². The van der Waals surface area contributed by atoms with Gasteiger partial charge in [0, 0.05) is 6.54 Å². The van der Waals surface area contributed by atoms with Crippen LogP contribution in [0.1, 0.15) is 50.8 Å². The molecule has 1 aromatic heterocycles. The molecule has 1 heterocycles. The van der Waals surface area contributed by atoms with Crippen LogP contribution in [0.4, 0.5) is 0 Å². The summed E-state index contributed by atoms with van der Waals surface area (Å²) in [5.41, 5.74) is 0. The molecule has 19 heavy (non-hydrogen) atoms. The van der Waals surface area contributed by atoms with Crippen LogP contribution in [0.3, 0.4) is 0 Å². The molecule has 1 fully saturated rings. The molecule has 1 aliphatic carbocycles. The summed E-state index contributed by atoms with van der Waals surface area (Å²) in [5.74, 6) is 0.889. The van der Waals surface area contributed by atoms with Gasteiger partial charge < -0.3 is 19.6 Å². The van der Waals surface area contributed by atoms with Crippen LogP contribution in [0.25, 0.3) is 0 Å². The van der Waals surface area contributed by atoms with Crippen molar-refractivity contribution >= 4 is 0 Å². The molecule has 4 nitrogen and oxygen atoms in total. The van der Waals surface area contributed by atoms with Gasteiger partial charge in [0.1, 0.15) is 5.76 Å². The molecule has 2 atom stereocenters. The van der Waals surface area contributed by atoms with Gasteiger partial charge in [0.25, 0.3) is 0 Å². The highest BCUT2D eigenvalue weighted by atomic mass is 16.5. The van der Waals surface area contributed by atoms with E-state index in [0.29, 0.717) is 19.3 Å². The van der Waals surface area contributed by atoms with E-state index in [2.05, 4.69) is 5.32 Å². The van der Waals surface area contributed by atoms with E-state index in [-0.39, 0.29) is 6.04 Å². The van der Waals surface area contributed by atoms with Gasteiger partial charge in [-0.3, -0.25) is 0 Å². The predicted octanol–water partition coefficient (Wildman–Crippen LogP) is 2.64. The van der Waals surface area contributed by atoms with Crippen LogP contribution in [-0.2, 0) is 4.74 Å². The van der Waals surface area contributed by atoms with Gasteiger partial charge in [-0.05, 0) is 31.9 Å². The normalized spacial score (nSPS) is 20.3. The highest BCUT2D eigenvalue weighted by Gasteiger charge is 2.16. The van der Waals surface area contributed by atoms with Crippen molar-refractivity contribution in [3.8, 4) is 0 Å². The van der Waals surface area contributed by atoms with Crippen LogP contribution in [-0.4, -0.2) is 30.5 Å². The average Bonchev–Trinajstić information content (AvgIpc) is 2.98. The highest BCUT2D eigenvalue weighted by molar-refractivity contribution is 5.02. The molecule has 0 aromatic carbocycles. The van der Waals surface area contributed by atoms with Crippen molar-refractivity contribution < 1.29 is 14.3 Å². The van der Waals surface area contributed by atoms with E-state index in [1.807, 2.05) is 19.1 Å². The number of hydrogen-bond acceptors (Lipinski definition) is 4. The van der Waals surface area contributed by atoms with Crippen LogP contribution in [0.5, 0.6) is 0 Å². The summed E-state index contributed by atoms with van der Waals surface area (Å²) < 4.78 is 11.1. The molecule has 2 rings (SSSR count). The number of aliphatic hydroxyl groups excluding tert-OH is 1. The molecule has 1 saturated carbocycles. The third-order valence-corrected chi connectivity index (χ3v) is 3.71. The van der Waals surface area contributed by atoms with E-state index >= 15 is 0 Å². The van der Waals surface area contributed by atoms with E-state index in [0.717, 1.165) is 18.6 Å². The lowest BCUT2D eigenvalue weighted by Gasteiger charge is -2.24. The first-order valence-corrected chi connectivity index (χ1v) is 7.32. The van der Waals surface area contributed by atoms with Crippen molar-refractivity contribution in [1.29, 1.82) is 0 Å². The fraction of sp³-hybridized carbons (Fsp3) is 0.733. The maximum atomic E-state index is 9.91. The second-order valence-electron chi connectivity index (χ2n) is 5.39. The molecule has 0 aliphatic heterocycles. The molecule has 0 radical (unpaired) electrons. The first-order chi connectivity index (χ1) is 9.25. The van der Waals surface area contributed by atoms with Crippen LogP contribution >= 0.6 is 0 Å². The van der Waals surface area contributed by atoms with Gasteiger partial charge in [0.05, 0.1) is 31.1 Å². The molecule has 0 bridgehead atoms. The van der Waals surface area contributed by atoms with Crippen LogP contribution < -0.4 is 5.32 Å². The van der Waals surface area contributed by atoms with Crippen molar-refractivity contribution in [3.63, 3.8) is 0 Å². The molecule has 108 valence electrons. The van der Waals surface area contributed by atoms with Crippen molar-refractivity contribution in [2.24, 2.45) is 0 Å². The Labute approximate surface area is 115 Å². The lowest BCUT2D eigenvalue weighted by Crippen LogP contribution is -2.33. The van der Waals surface area contributed by atoms with Crippen LogP contribution in [0, 0.1) is 0 Å². The maximum absolute atomic E-state index is 9.91. The number of rotatable bonds is 7. The predicted molar refractivity (Wildman–Crippen MR) is 74.0 cm³/mol. The Morgan fingerprint density at radius 2 is 2.21 bits per heavy atom. The highest BCUT2D eigenvalue weighted by Crippen LogP contribution is 2.20. The molecule has 0 saturated heterocycles. The molecule has 2 N–H and O–H groups in total. The average molecular weight is 267 g/mol. The Morgan fingerprint density at radius 1 is 1.42 bits per heavy atom. The van der Waals surface area contributed by atoms with Gasteiger partial charge in [-0.2, -0.15) is 0 Å². The molecule has 4 heteroatoms. The second-order valence-corrected chi connectivity index (χ2v) is 5.39.